The van der Waals surface area contributed by atoms with E-state index in [0.717, 1.165) is 6.20 Å². The van der Waals surface area contributed by atoms with E-state index < -0.39 is 21.1 Å². The van der Waals surface area contributed by atoms with Crippen LogP contribution < -0.4 is 5.14 Å². The molecule has 0 saturated carbocycles. The van der Waals surface area contributed by atoms with Crippen LogP contribution >= 0.6 is 0 Å². The minimum absolute atomic E-state index is 0.0591. The summed E-state index contributed by atoms with van der Waals surface area (Å²) in [5, 5.41) is 4.46. The first kappa shape index (κ1) is 18.7. The second kappa shape index (κ2) is 7.80. The Labute approximate surface area is 130 Å². The molecule has 2 N–H and O–H groups in total. The van der Waals surface area contributed by atoms with Gasteiger partial charge in [-0.15, -0.1) is 0 Å². The Hall–Kier alpha value is -1.32. The minimum atomic E-state index is -3.73. The van der Waals surface area contributed by atoms with Crippen LogP contribution in [-0.2, 0) is 14.8 Å². The maximum atomic E-state index is 12.8. The average Bonchev–Trinajstić information content (AvgIpc) is 2.37. The van der Waals surface area contributed by atoms with Crippen molar-refractivity contribution in [2.75, 3.05) is 13.1 Å². The largest absolute Gasteiger partial charge is 0.374 e. The molecule has 1 aliphatic rings. The van der Waals surface area contributed by atoms with E-state index >= 15 is 0 Å². The number of guanidine groups is 1. The van der Waals surface area contributed by atoms with E-state index in [4.69, 9.17) is 9.88 Å². The van der Waals surface area contributed by atoms with E-state index in [-0.39, 0.29) is 24.7 Å². The highest BCUT2D eigenvalue weighted by Gasteiger charge is 2.35. The van der Waals surface area contributed by atoms with Crippen LogP contribution in [0, 0.1) is 0 Å². The second-order valence-electron chi connectivity index (χ2n) is 5.46. The molecule has 0 radical (unpaired) electrons. The molecular weight excluding hydrogens is 311 g/mol. The predicted octanol–water partition coefficient (Wildman–Crippen LogP) is 1.03. The van der Waals surface area contributed by atoms with Gasteiger partial charge < -0.3 is 9.64 Å². The van der Waals surface area contributed by atoms with Gasteiger partial charge in [0.15, 0.2) is 0 Å². The van der Waals surface area contributed by atoms with Crippen LogP contribution in [0.4, 0.5) is 4.39 Å². The summed E-state index contributed by atoms with van der Waals surface area (Å²) in [6, 6.07) is 0. The molecule has 0 amide bonds. The lowest BCUT2D eigenvalue weighted by Crippen LogP contribution is -2.52. The summed E-state index contributed by atoms with van der Waals surface area (Å²) in [6.45, 7) is 8.87. The molecule has 0 aromatic rings. The number of hydrogen-bond acceptors (Lipinski definition) is 4. The van der Waals surface area contributed by atoms with Crippen LogP contribution in [0.5, 0.6) is 0 Å². The average molecular weight is 334 g/mol. The number of nitrogens with zero attached hydrogens (tertiary/aromatic N) is 3. The highest BCUT2D eigenvalue weighted by Crippen LogP contribution is 2.20. The molecule has 0 aliphatic carbocycles. The molecule has 2 atom stereocenters. The molecule has 0 aromatic heterocycles. The first-order valence-electron chi connectivity index (χ1n) is 6.92. The highest BCUT2D eigenvalue weighted by molar-refractivity contribution is 7.89. The first-order valence-corrected chi connectivity index (χ1v) is 8.53. The van der Waals surface area contributed by atoms with Gasteiger partial charge >= 0.3 is 0 Å². The standard InChI is InChI=1S/C13H23FN4O3S/c1-9(2)21-11-5-12(22(15,19)20)8-18(7-11)13(16-4)17-6-10(3)14/h6,9,11-12H,4-5,7-8H2,1-3H3,(H2,15,19,20)/b10-6+,17-13?/t11-,12+/m1/s1. The summed E-state index contributed by atoms with van der Waals surface area (Å²) in [7, 11) is -3.73. The number of likely N-dealkylation sites (tertiary alicyclic amines) is 1. The first-order chi connectivity index (χ1) is 10.1. The number of sulfonamides is 1. The van der Waals surface area contributed by atoms with Crippen molar-refractivity contribution in [1.29, 1.82) is 0 Å². The molecule has 1 rings (SSSR count). The SMILES string of the molecule is C=NC(=N/C=C(\C)F)N1C[C@H](OC(C)C)C[C@H](S(N)(=O)=O)C1. The Morgan fingerprint density at radius 1 is 1.50 bits per heavy atom. The number of nitrogens with two attached hydrogens (primary N) is 1. The summed E-state index contributed by atoms with van der Waals surface area (Å²) in [5.41, 5.74) is 0. The maximum Gasteiger partial charge on any atom is 0.224 e. The smallest absolute Gasteiger partial charge is 0.224 e. The van der Waals surface area contributed by atoms with Crippen molar-refractivity contribution in [2.24, 2.45) is 15.1 Å². The fourth-order valence-corrected chi connectivity index (χ4v) is 3.13. The molecule has 7 nitrogen and oxygen atoms in total. The van der Waals surface area contributed by atoms with Crippen molar-refractivity contribution < 1.29 is 17.5 Å². The lowest BCUT2D eigenvalue weighted by atomic mass is 10.1. The van der Waals surface area contributed by atoms with Crippen molar-refractivity contribution in [3.8, 4) is 0 Å². The van der Waals surface area contributed by atoms with E-state index in [2.05, 4.69) is 16.7 Å². The number of primary sulfonamides is 1. The number of piperidine rings is 1. The van der Waals surface area contributed by atoms with Gasteiger partial charge in [0.2, 0.25) is 16.0 Å². The zero-order valence-corrected chi connectivity index (χ0v) is 13.9. The van der Waals surface area contributed by atoms with Crippen molar-refractivity contribution in [3.63, 3.8) is 0 Å². The normalized spacial score (nSPS) is 24.7. The molecule has 22 heavy (non-hydrogen) atoms. The van der Waals surface area contributed by atoms with Gasteiger partial charge in [0, 0.05) is 13.1 Å². The number of aliphatic imine (C=N–C) groups is 2. The predicted molar refractivity (Wildman–Crippen MR) is 84.9 cm³/mol. The molecule has 1 fully saturated rings. The summed E-state index contributed by atoms with van der Waals surface area (Å²) >= 11 is 0. The molecule has 0 bridgehead atoms. The van der Waals surface area contributed by atoms with Crippen LogP contribution in [0.3, 0.4) is 0 Å². The van der Waals surface area contributed by atoms with Gasteiger partial charge in [-0.25, -0.2) is 27.9 Å². The third-order valence-electron chi connectivity index (χ3n) is 3.09. The quantitative estimate of drug-likeness (QED) is 0.613. The zero-order valence-electron chi connectivity index (χ0n) is 13.1. The molecule has 1 saturated heterocycles. The number of hydrogen-bond donors (Lipinski definition) is 1. The van der Waals surface area contributed by atoms with Crippen LogP contribution in [0.15, 0.2) is 22.0 Å². The van der Waals surface area contributed by atoms with Crippen molar-refractivity contribution in [1.82, 2.24) is 4.90 Å². The van der Waals surface area contributed by atoms with Crippen LogP contribution in [-0.4, -0.2) is 56.5 Å². The summed E-state index contributed by atoms with van der Waals surface area (Å²) in [5.74, 6) is -0.348. The molecule has 9 heteroatoms. The summed E-state index contributed by atoms with van der Waals surface area (Å²) in [4.78, 5) is 9.21. The van der Waals surface area contributed by atoms with E-state index in [0.29, 0.717) is 13.0 Å². The van der Waals surface area contributed by atoms with Gasteiger partial charge in [0.25, 0.3) is 0 Å². The zero-order chi connectivity index (χ0) is 16.9. The summed E-state index contributed by atoms with van der Waals surface area (Å²) < 4.78 is 41.9. The lowest BCUT2D eigenvalue weighted by Gasteiger charge is -2.37. The fourth-order valence-electron chi connectivity index (χ4n) is 2.26. The topological polar surface area (TPSA) is 97.3 Å². The number of halogens is 1. The molecule has 1 aliphatic heterocycles. The number of rotatable bonds is 4. The Bertz CT molecular complexity index is 556. The Balaban J connectivity index is 3.03. The van der Waals surface area contributed by atoms with Gasteiger partial charge in [0.1, 0.15) is 5.83 Å². The Kier molecular flexibility index (Phi) is 6.64. The molecular formula is C13H23FN4O3S. The van der Waals surface area contributed by atoms with Crippen molar-refractivity contribution in [2.45, 2.75) is 44.6 Å². The lowest BCUT2D eigenvalue weighted by molar-refractivity contribution is -0.0198. The van der Waals surface area contributed by atoms with Gasteiger partial charge in [-0.3, -0.25) is 0 Å². The van der Waals surface area contributed by atoms with Crippen LogP contribution in [0.1, 0.15) is 27.2 Å². The Morgan fingerprint density at radius 2 is 2.14 bits per heavy atom. The monoisotopic (exact) mass is 334 g/mol. The number of allylic oxidation sites excluding steroid dienone is 1. The Morgan fingerprint density at radius 3 is 2.59 bits per heavy atom. The molecule has 0 spiro atoms. The number of ether oxygens (including phenoxy) is 1. The van der Waals surface area contributed by atoms with E-state index in [1.54, 1.807) is 4.90 Å². The van der Waals surface area contributed by atoms with E-state index in [1.165, 1.54) is 6.92 Å². The third-order valence-corrected chi connectivity index (χ3v) is 4.36. The van der Waals surface area contributed by atoms with Crippen LogP contribution in [0.2, 0.25) is 0 Å². The minimum Gasteiger partial charge on any atom is -0.374 e. The molecule has 1 heterocycles. The van der Waals surface area contributed by atoms with Gasteiger partial charge in [0.05, 0.1) is 23.7 Å². The molecule has 0 unspecified atom stereocenters. The molecule has 126 valence electrons. The fraction of sp³-hybridized carbons (Fsp3) is 0.692. The van der Waals surface area contributed by atoms with E-state index in [9.17, 15) is 12.8 Å². The highest BCUT2D eigenvalue weighted by atomic mass is 32.2. The van der Waals surface area contributed by atoms with E-state index in [1.807, 2.05) is 13.8 Å². The summed E-state index contributed by atoms with van der Waals surface area (Å²) in [6.07, 6.45) is 0.911. The van der Waals surface area contributed by atoms with Gasteiger partial charge in [-0.05, 0) is 33.9 Å². The van der Waals surface area contributed by atoms with Gasteiger partial charge in [-0.1, -0.05) is 0 Å². The second-order valence-corrected chi connectivity index (χ2v) is 7.31. The third kappa shape index (κ3) is 5.82. The van der Waals surface area contributed by atoms with Crippen LogP contribution in [0.25, 0.3) is 0 Å². The van der Waals surface area contributed by atoms with Gasteiger partial charge in [-0.2, -0.15) is 0 Å². The molecule has 0 aromatic carbocycles. The van der Waals surface area contributed by atoms with Crippen molar-refractivity contribution >= 4 is 22.7 Å². The van der Waals surface area contributed by atoms with Crippen molar-refractivity contribution in [3.05, 3.63) is 12.0 Å². The maximum absolute atomic E-state index is 12.8.